The van der Waals surface area contributed by atoms with Gasteiger partial charge in [-0.1, -0.05) is 15.9 Å². The summed E-state index contributed by atoms with van der Waals surface area (Å²) >= 11 is 3.35. The maximum absolute atomic E-state index is 12.1. The normalized spacial score (nSPS) is 29.3. The molecule has 0 radical (unpaired) electrons. The molecular formula is C12H13BrN2O3S. The van der Waals surface area contributed by atoms with E-state index in [0.717, 1.165) is 10.2 Å². The van der Waals surface area contributed by atoms with E-state index in [4.69, 9.17) is 0 Å². The van der Waals surface area contributed by atoms with Crippen molar-refractivity contribution in [3.8, 4) is 0 Å². The van der Waals surface area contributed by atoms with Gasteiger partial charge in [-0.15, -0.1) is 0 Å². The molecule has 2 heterocycles. The van der Waals surface area contributed by atoms with E-state index in [1.165, 1.54) is 0 Å². The number of fused-ring (bicyclic) bond motifs is 1. The minimum atomic E-state index is -3.07. The Morgan fingerprint density at radius 1 is 1.21 bits per heavy atom. The Hall–Kier alpha value is -0.920. The number of nitrogens with zero attached hydrogens (tertiary/aromatic N) is 1. The number of halogens is 1. The summed E-state index contributed by atoms with van der Waals surface area (Å²) in [4.78, 5) is 13.7. The Morgan fingerprint density at radius 2 is 1.89 bits per heavy atom. The molecule has 0 aliphatic carbocycles. The Bertz CT molecular complexity index is 614. The van der Waals surface area contributed by atoms with Crippen LogP contribution in [0.2, 0.25) is 0 Å². The molecule has 1 N–H and O–H groups in total. The Kier molecular flexibility index (Phi) is 3.15. The van der Waals surface area contributed by atoms with Crippen LogP contribution < -0.4 is 10.2 Å². The molecule has 102 valence electrons. The summed E-state index contributed by atoms with van der Waals surface area (Å²) in [7, 11) is -3.07. The number of rotatable bonds is 1. The van der Waals surface area contributed by atoms with E-state index < -0.39 is 9.84 Å². The molecule has 7 heteroatoms. The zero-order valence-corrected chi connectivity index (χ0v) is 12.4. The van der Waals surface area contributed by atoms with Crippen molar-refractivity contribution in [2.24, 2.45) is 0 Å². The Labute approximate surface area is 120 Å². The largest absolute Gasteiger partial charge is 0.306 e. The van der Waals surface area contributed by atoms with Gasteiger partial charge < -0.3 is 10.2 Å². The van der Waals surface area contributed by atoms with Gasteiger partial charge in [0.2, 0.25) is 5.91 Å². The number of piperazine rings is 1. The molecule has 2 atom stereocenters. The summed E-state index contributed by atoms with van der Waals surface area (Å²) in [5.74, 6) is 0.0606. The summed E-state index contributed by atoms with van der Waals surface area (Å²) in [6.07, 6.45) is 0. The molecule has 0 spiro atoms. The molecule has 0 bridgehead atoms. The summed E-state index contributed by atoms with van der Waals surface area (Å²) in [6.45, 7) is 0.187. The second-order valence-corrected chi connectivity index (χ2v) is 7.94. The summed E-state index contributed by atoms with van der Waals surface area (Å²) < 4.78 is 24.4. The lowest BCUT2D eigenvalue weighted by Crippen LogP contribution is -2.60. The van der Waals surface area contributed by atoms with Crippen molar-refractivity contribution < 1.29 is 13.2 Å². The van der Waals surface area contributed by atoms with Crippen molar-refractivity contribution in [1.82, 2.24) is 5.32 Å². The lowest BCUT2D eigenvalue weighted by Gasteiger charge is -2.37. The first-order valence-electron chi connectivity index (χ1n) is 5.98. The number of amides is 1. The van der Waals surface area contributed by atoms with Crippen LogP contribution in [0.1, 0.15) is 0 Å². The molecular weight excluding hydrogens is 332 g/mol. The van der Waals surface area contributed by atoms with Gasteiger partial charge in [0.05, 0.1) is 24.1 Å². The van der Waals surface area contributed by atoms with Crippen molar-refractivity contribution in [2.45, 2.75) is 12.1 Å². The van der Waals surface area contributed by atoms with Crippen LogP contribution in [-0.4, -0.2) is 44.5 Å². The third-order valence-corrected chi connectivity index (χ3v) is 5.79. The van der Waals surface area contributed by atoms with Gasteiger partial charge in [0.1, 0.15) is 0 Å². The van der Waals surface area contributed by atoms with Crippen LogP contribution in [-0.2, 0) is 14.6 Å². The minimum Gasteiger partial charge on any atom is -0.306 e. The molecule has 0 aromatic heterocycles. The molecule has 1 amide bonds. The topological polar surface area (TPSA) is 66.5 Å². The molecule has 1 aromatic carbocycles. The number of sulfone groups is 1. The van der Waals surface area contributed by atoms with Crippen LogP contribution in [0.3, 0.4) is 0 Å². The molecule has 2 fully saturated rings. The number of benzene rings is 1. The first-order chi connectivity index (χ1) is 8.96. The monoisotopic (exact) mass is 344 g/mol. The number of carbonyl (C=O) groups is 1. The average Bonchev–Trinajstić information content (AvgIpc) is 2.65. The van der Waals surface area contributed by atoms with E-state index in [1.807, 2.05) is 24.3 Å². The highest BCUT2D eigenvalue weighted by atomic mass is 79.9. The first-order valence-corrected chi connectivity index (χ1v) is 8.59. The number of hydrogen-bond acceptors (Lipinski definition) is 4. The van der Waals surface area contributed by atoms with Crippen molar-refractivity contribution in [1.29, 1.82) is 0 Å². The average molecular weight is 345 g/mol. The van der Waals surface area contributed by atoms with E-state index in [1.54, 1.807) is 4.90 Å². The number of anilines is 1. The highest BCUT2D eigenvalue weighted by Crippen LogP contribution is 2.28. The maximum Gasteiger partial charge on any atom is 0.241 e. The van der Waals surface area contributed by atoms with Gasteiger partial charge >= 0.3 is 0 Å². The standard InChI is InChI=1S/C12H13BrN2O3S/c13-8-1-3-9(4-2-8)15-11-7-19(17,18)6-10(11)14-5-12(15)16/h1-4,10-11,14H,5-7H2/t10-,11+/m1/s1. The van der Waals surface area contributed by atoms with Crippen LogP contribution in [0.4, 0.5) is 5.69 Å². The molecule has 2 saturated heterocycles. The summed E-state index contributed by atoms with van der Waals surface area (Å²) in [5, 5.41) is 3.02. The second kappa shape index (κ2) is 4.57. The van der Waals surface area contributed by atoms with E-state index in [0.29, 0.717) is 0 Å². The minimum absolute atomic E-state index is 0.0342. The second-order valence-electron chi connectivity index (χ2n) is 4.87. The van der Waals surface area contributed by atoms with Crippen LogP contribution in [0.25, 0.3) is 0 Å². The van der Waals surface area contributed by atoms with Crippen LogP contribution >= 0.6 is 15.9 Å². The molecule has 5 nitrogen and oxygen atoms in total. The lowest BCUT2D eigenvalue weighted by molar-refractivity contribution is -0.119. The van der Waals surface area contributed by atoms with Crippen molar-refractivity contribution in [3.63, 3.8) is 0 Å². The van der Waals surface area contributed by atoms with Crippen LogP contribution in [0.5, 0.6) is 0 Å². The molecule has 19 heavy (non-hydrogen) atoms. The van der Waals surface area contributed by atoms with Crippen LogP contribution in [0.15, 0.2) is 28.7 Å². The van der Waals surface area contributed by atoms with E-state index in [2.05, 4.69) is 21.2 Å². The summed E-state index contributed by atoms with van der Waals surface area (Å²) in [5.41, 5.74) is 0.752. The smallest absolute Gasteiger partial charge is 0.241 e. The highest BCUT2D eigenvalue weighted by Gasteiger charge is 2.45. The van der Waals surface area contributed by atoms with Gasteiger partial charge in [-0.3, -0.25) is 4.79 Å². The zero-order valence-electron chi connectivity index (χ0n) is 10.0. The van der Waals surface area contributed by atoms with Gasteiger partial charge in [-0.05, 0) is 24.3 Å². The van der Waals surface area contributed by atoms with Gasteiger partial charge in [0.25, 0.3) is 0 Å². The Balaban J connectivity index is 1.98. The lowest BCUT2D eigenvalue weighted by atomic mass is 10.1. The maximum atomic E-state index is 12.1. The predicted octanol–water partition coefficient (Wildman–Crippen LogP) is 0.551. The van der Waals surface area contributed by atoms with Gasteiger partial charge in [0.15, 0.2) is 9.84 Å². The fourth-order valence-electron chi connectivity index (χ4n) is 2.70. The quantitative estimate of drug-likeness (QED) is 0.807. The zero-order chi connectivity index (χ0) is 13.6. The molecule has 3 rings (SSSR count). The van der Waals surface area contributed by atoms with Gasteiger partial charge in [-0.2, -0.15) is 0 Å². The number of hydrogen-bond donors (Lipinski definition) is 1. The fraction of sp³-hybridized carbons (Fsp3) is 0.417. The van der Waals surface area contributed by atoms with Gasteiger partial charge in [0, 0.05) is 16.2 Å². The van der Waals surface area contributed by atoms with E-state index in [9.17, 15) is 13.2 Å². The highest BCUT2D eigenvalue weighted by molar-refractivity contribution is 9.10. The Morgan fingerprint density at radius 3 is 2.58 bits per heavy atom. The van der Waals surface area contributed by atoms with Crippen LogP contribution in [0, 0.1) is 0 Å². The number of carbonyl (C=O) groups excluding carboxylic acids is 1. The van der Waals surface area contributed by atoms with Crippen molar-refractivity contribution >= 4 is 37.4 Å². The van der Waals surface area contributed by atoms with E-state index in [-0.39, 0.29) is 36.0 Å². The van der Waals surface area contributed by atoms with E-state index >= 15 is 0 Å². The molecule has 0 unspecified atom stereocenters. The third kappa shape index (κ3) is 2.42. The SMILES string of the molecule is O=C1CN[C@@H]2CS(=O)(=O)C[C@@H]2N1c1ccc(Br)cc1. The molecule has 2 aliphatic heterocycles. The predicted molar refractivity (Wildman–Crippen MR) is 75.9 cm³/mol. The third-order valence-electron chi connectivity index (χ3n) is 3.54. The molecule has 2 aliphatic rings. The molecule has 0 saturated carbocycles. The summed E-state index contributed by atoms with van der Waals surface area (Å²) in [6, 6.07) is 6.90. The first kappa shape index (κ1) is 13.1. The van der Waals surface area contributed by atoms with Crippen molar-refractivity contribution in [2.75, 3.05) is 23.0 Å². The van der Waals surface area contributed by atoms with Gasteiger partial charge in [-0.25, -0.2) is 8.42 Å². The fourth-order valence-corrected chi connectivity index (χ4v) is 4.89. The number of nitrogens with one attached hydrogen (secondary N) is 1. The van der Waals surface area contributed by atoms with Crippen molar-refractivity contribution in [3.05, 3.63) is 28.7 Å². The molecule has 1 aromatic rings.